The van der Waals surface area contributed by atoms with E-state index in [0.29, 0.717) is 12.6 Å². The van der Waals surface area contributed by atoms with Gasteiger partial charge in [0.1, 0.15) is 0 Å². The van der Waals surface area contributed by atoms with Crippen LogP contribution in [0.1, 0.15) is 48.0 Å². The first-order valence-corrected chi connectivity index (χ1v) is 9.55. The maximum absolute atomic E-state index is 11.8. The number of nitrogens with one attached hydrogen (secondary N) is 1. The van der Waals surface area contributed by atoms with Crippen LogP contribution >= 0.6 is 0 Å². The molecule has 5 heteroatoms. The summed E-state index contributed by atoms with van der Waals surface area (Å²) < 4.78 is 23.6. The van der Waals surface area contributed by atoms with Gasteiger partial charge in [0.05, 0.1) is 5.75 Å². The van der Waals surface area contributed by atoms with Crippen LogP contribution in [0.4, 0.5) is 0 Å². The number of hydrogen-bond acceptors (Lipinski definition) is 4. The van der Waals surface area contributed by atoms with Gasteiger partial charge in [-0.3, -0.25) is 4.90 Å². The molecule has 1 rings (SSSR count). The van der Waals surface area contributed by atoms with Gasteiger partial charge in [-0.2, -0.15) is 0 Å². The van der Waals surface area contributed by atoms with Gasteiger partial charge in [-0.15, -0.1) is 0 Å². The van der Waals surface area contributed by atoms with E-state index in [1.807, 2.05) is 0 Å². The molecule has 0 aromatic heterocycles. The molecule has 1 heterocycles. The molecule has 0 bridgehead atoms. The lowest BCUT2D eigenvalue weighted by atomic mass is 9.82. The monoisotopic (exact) mass is 304 g/mol. The lowest BCUT2D eigenvalue weighted by molar-refractivity contribution is 0.0271. The van der Waals surface area contributed by atoms with Gasteiger partial charge in [-0.1, -0.05) is 34.6 Å². The molecule has 4 nitrogen and oxygen atoms in total. The molecule has 1 aliphatic heterocycles. The van der Waals surface area contributed by atoms with Crippen molar-refractivity contribution in [2.75, 3.05) is 31.1 Å². The summed E-state index contributed by atoms with van der Waals surface area (Å²) in [5, 5.41) is 3.65. The fourth-order valence-electron chi connectivity index (χ4n) is 2.64. The van der Waals surface area contributed by atoms with Crippen LogP contribution in [0.25, 0.3) is 0 Å². The van der Waals surface area contributed by atoms with Crippen LogP contribution in [0, 0.1) is 5.41 Å². The molecular weight excluding hydrogens is 272 g/mol. The van der Waals surface area contributed by atoms with Crippen molar-refractivity contribution in [1.82, 2.24) is 10.2 Å². The first kappa shape index (κ1) is 17.9. The van der Waals surface area contributed by atoms with Gasteiger partial charge in [0, 0.05) is 37.0 Å². The molecule has 1 N–H and O–H groups in total. The molecule has 2 atom stereocenters. The summed E-state index contributed by atoms with van der Waals surface area (Å²) in [4.78, 5) is 2.38. The van der Waals surface area contributed by atoms with E-state index in [1.165, 1.54) is 0 Å². The summed E-state index contributed by atoms with van der Waals surface area (Å²) >= 11 is 0. The summed E-state index contributed by atoms with van der Waals surface area (Å²) in [5.41, 5.74) is 0.252. The van der Waals surface area contributed by atoms with E-state index in [1.54, 1.807) is 6.92 Å². The highest BCUT2D eigenvalue weighted by Crippen LogP contribution is 2.29. The van der Waals surface area contributed by atoms with Crippen LogP contribution in [0.2, 0.25) is 0 Å². The maximum atomic E-state index is 11.8. The molecule has 0 radical (unpaired) electrons. The fraction of sp³-hybridized carbons (Fsp3) is 1.00. The highest BCUT2D eigenvalue weighted by molar-refractivity contribution is 7.91. The second-order valence-corrected chi connectivity index (χ2v) is 9.81. The zero-order chi connectivity index (χ0) is 15.6. The number of rotatable bonds is 5. The number of nitrogens with zero attached hydrogens (tertiary/aromatic N) is 1. The largest absolute Gasteiger partial charge is 0.310 e. The maximum Gasteiger partial charge on any atom is 0.151 e. The zero-order valence-corrected chi connectivity index (χ0v) is 14.8. The Bertz CT molecular complexity index is 414. The zero-order valence-electron chi connectivity index (χ0n) is 14.0. The molecule has 1 aliphatic rings. The average Bonchev–Trinajstić information content (AvgIpc) is 2.36. The Morgan fingerprint density at radius 3 is 2.35 bits per heavy atom. The standard InChI is InChI=1S/C15H32N2O2S/c1-7-15(6)12-16-13(14(3,4)5)11-17(15)9-10-20(18,19)8-2/h13,16H,7-12H2,1-6H3. The van der Waals surface area contributed by atoms with Crippen molar-refractivity contribution < 1.29 is 8.42 Å². The van der Waals surface area contributed by atoms with Gasteiger partial charge in [0.15, 0.2) is 9.84 Å². The molecule has 20 heavy (non-hydrogen) atoms. The number of hydrogen-bond donors (Lipinski definition) is 1. The van der Waals surface area contributed by atoms with Gasteiger partial charge in [0.25, 0.3) is 0 Å². The Kier molecular flexibility index (Phi) is 5.67. The predicted molar refractivity (Wildman–Crippen MR) is 85.8 cm³/mol. The Morgan fingerprint density at radius 1 is 1.30 bits per heavy atom. The van der Waals surface area contributed by atoms with E-state index >= 15 is 0 Å². The number of piperazine rings is 1. The molecule has 0 aromatic carbocycles. The third-order valence-electron chi connectivity index (χ3n) is 4.81. The number of sulfone groups is 1. The molecule has 0 aliphatic carbocycles. The molecule has 1 saturated heterocycles. The van der Waals surface area contributed by atoms with Crippen molar-refractivity contribution in [2.24, 2.45) is 5.41 Å². The smallest absolute Gasteiger partial charge is 0.151 e. The van der Waals surface area contributed by atoms with E-state index in [4.69, 9.17) is 0 Å². The second kappa shape index (κ2) is 6.32. The Balaban J connectivity index is 2.80. The molecule has 2 unspecified atom stereocenters. The highest BCUT2D eigenvalue weighted by atomic mass is 32.2. The van der Waals surface area contributed by atoms with Crippen LogP contribution in [0.15, 0.2) is 0 Å². The minimum absolute atomic E-state index is 0.0605. The van der Waals surface area contributed by atoms with Gasteiger partial charge in [-0.25, -0.2) is 8.42 Å². The minimum Gasteiger partial charge on any atom is -0.310 e. The average molecular weight is 305 g/mol. The molecule has 0 amide bonds. The van der Waals surface area contributed by atoms with Crippen molar-refractivity contribution >= 4 is 9.84 Å². The van der Waals surface area contributed by atoms with Gasteiger partial charge in [0.2, 0.25) is 0 Å². The first-order chi connectivity index (χ1) is 9.04. The van der Waals surface area contributed by atoms with Crippen LogP contribution in [0.3, 0.4) is 0 Å². The van der Waals surface area contributed by atoms with Crippen LogP contribution < -0.4 is 5.32 Å². The molecule has 0 aromatic rings. The van der Waals surface area contributed by atoms with E-state index in [9.17, 15) is 8.42 Å². The van der Waals surface area contributed by atoms with E-state index in [2.05, 4.69) is 44.8 Å². The topological polar surface area (TPSA) is 49.4 Å². The SMILES string of the molecule is CCC1(C)CNC(C(C)(C)C)CN1CCS(=O)(=O)CC. The van der Waals surface area contributed by atoms with Crippen molar-refractivity contribution in [3.63, 3.8) is 0 Å². The van der Waals surface area contributed by atoms with E-state index in [0.717, 1.165) is 19.5 Å². The van der Waals surface area contributed by atoms with Crippen molar-refractivity contribution in [2.45, 2.75) is 59.5 Å². The fourth-order valence-corrected chi connectivity index (χ4v) is 3.43. The molecule has 1 fully saturated rings. The summed E-state index contributed by atoms with van der Waals surface area (Å²) in [6, 6.07) is 0.409. The quantitative estimate of drug-likeness (QED) is 0.843. The summed E-state index contributed by atoms with van der Waals surface area (Å²) in [6.07, 6.45) is 1.03. The minimum atomic E-state index is -2.89. The first-order valence-electron chi connectivity index (χ1n) is 7.73. The Labute approximate surface area is 125 Å². The molecule has 0 spiro atoms. The molecule has 0 saturated carbocycles. The molecular formula is C15H32N2O2S. The van der Waals surface area contributed by atoms with E-state index in [-0.39, 0.29) is 22.5 Å². The van der Waals surface area contributed by atoms with Crippen molar-refractivity contribution in [3.05, 3.63) is 0 Å². The summed E-state index contributed by atoms with van der Waals surface area (Å²) in [6.45, 7) is 15.3. The predicted octanol–water partition coefficient (Wildman–Crippen LogP) is 1.91. The van der Waals surface area contributed by atoms with Crippen molar-refractivity contribution in [3.8, 4) is 0 Å². The van der Waals surface area contributed by atoms with Crippen LogP contribution in [0.5, 0.6) is 0 Å². The third kappa shape index (κ3) is 4.43. The summed E-state index contributed by atoms with van der Waals surface area (Å²) in [7, 11) is -2.89. The molecule has 120 valence electrons. The second-order valence-electron chi connectivity index (χ2n) is 7.33. The summed E-state index contributed by atoms with van der Waals surface area (Å²) in [5.74, 6) is 0.514. The van der Waals surface area contributed by atoms with Gasteiger partial charge < -0.3 is 5.32 Å². The van der Waals surface area contributed by atoms with Crippen LogP contribution in [-0.4, -0.2) is 56.0 Å². The van der Waals surface area contributed by atoms with Gasteiger partial charge in [-0.05, 0) is 18.8 Å². The lowest BCUT2D eigenvalue weighted by Gasteiger charge is -2.51. The lowest BCUT2D eigenvalue weighted by Crippen LogP contribution is -2.66. The Morgan fingerprint density at radius 2 is 1.90 bits per heavy atom. The highest BCUT2D eigenvalue weighted by Gasteiger charge is 2.40. The van der Waals surface area contributed by atoms with Gasteiger partial charge >= 0.3 is 0 Å². The normalized spacial score (nSPS) is 29.6. The Hall–Kier alpha value is -0.130. The van der Waals surface area contributed by atoms with Crippen LogP contribution in [-0.2, 0) is 9.84 Å². The van der Waals surface area contributed by atoms with Crippen molar-refractivity contribution in [1.29, 1.82) is 0 Å². The third-order valence-corrected chi connectivity index (χ3v) is 6.50. The van der Waals surface area contributed by atoms with E-state index < -0.39 is 9.84 Å².